The monoisotopic (exact) mass is 283 g/mol. The van der Waals surface area contributed by atoms with E-state index in [2.05, 4.69) is 20.8 Å². The van der Waals surface area contributed by atoms with Gasteiger partial charge < -0.3 is 4.74 Å². The van der Waals surface area contributed by atoms with E-state index in [4.69, 9.17) is 4.74 Å². The second-order valence-electron chi connectivity index (χ2n) is 6.52. The third kappa shape index (κ3) is 18.0. The van der Waals surface area contributed by atoms with Gasteiger partial charge in [-0.2, -0.15) is 0 Å². The number of unbranched alkanes of at least 4 members (excludes halogenated alkanes) is 10. The van der Waals surface area contributed by atoms with Gasteiger partial charge in [0.1, 0.15) is 0 Å². The van der Waals surface area contributed by atoms with E-state index in [0.29, 0.717) is 0 Å². The van der Waals surface area contributed by atoms with Gasteiger partial charge in [-0.1, -0.05) is 91.4 Å². The van der Waals surface area contributed by atoms with Gasteiger partial charge in [0.15, 0.2) is 0 Å². The maximum atomic E-state index is 5.36. The molecular weight excluding hydrogens is 244 g/mol. The summed E-state index contributed by atoms with van der Waals surface area (Å²) >= 11 is 0. The van der Waals surface area contributed by atoms with Crippen molar-refractivity contribution in [3.8, 4) is 0 Å². The minimum atomic E-state index is 0.889. The van der Waals surface area contributed by atoms with Crippen molar-refractivity contribution >= 4 is 0 Å². The van der Waals surface area contributed by atoms with Gasteiger partial charge in [0.25, 0.3) is 0 Å². The molecule has 0 fully saturated rings. The summed E-state index contributed by atoms with van der Waals surface area (Å²) < 4.78 is 5.36. The summed E-state index contributed by atoms with van der Waals surface area (Å²) in [5.41, 5.74) is 0. The Labute approximate surface area is 128 Å². The summed E-state index contributed by atoms with van der Waals surface area (Å²) in [5, 5.41) is 0. The van der Waals surface area contributed by atoms with Crippen LogP contribution in [0, 0.1) is 12.5 Å². The fourth-order valence-corrected chi connectivity index (χ4v) is 2.53. The molecule has 0 aliphatic carbocycles. The van der Waals surface area contributed by atoms with Crippen LogP contribution in [0.3, 0.4) is 0 Å². The maximum Gasteiger partial charge on any atom is 0.0833 e. The van der Waals surface area contributed by atoms with Gasteiger partial charge in [-0.25, -0.2) is 0 Å². The van der Waals surface area contributed by atoms with Crippen LogP contribution in [-0.4, -0.2) is 6.61 Å². The standard InChI is InChI=1S/C19H39O/c1-4-17-20-18-15-13-11-9-7-5-6-8-10-12-14-16-19(2)3/h17,19H,4-16,18H2,1-3H3. The van der Waals surface area contributed by atoms with Gasteiger partial charge in [0, 0.05) is 6.61 Å². The molecule has 0 aliphatic heterocycles. The molecule has 0 heterocycles. The summed E-state index contributed by atoms with van der Waals surface area (Å²) in [4.78, 5) is 0. The molecule has 0 spiro atoms. The van der Waals surface area contributed by atoms with Crippen LogP contribution in [0.1, 0.15) is 104 Å². The van der Waals surface area contributed by atoms with E-state index in [9.17, 15) is 0 Å². The molecule has 20 heavy (non-hydrogen) atoms. The molecule has 0 bridgehead atoms. The van der Waals surface area contributed by atoms with Crippen LogP contribution in [0.4, 0.5) is 0 Å². The summed E-state index contributed by atoms with van der Waals surface area (Å²) in [6, 6.07) is 0. The van der Waals surface area contributed by atoms with Crippen molar-refractivity contribution in [1.29, 1.82) is 0 Å². The third-order valence-corrected chi connectivity index (χ3v) is 3.83. The molecule has 0 aromatic heterocycles. The van der Waals surface area contributed by atoms with Crippen LogP contribution in [-0.2, 0) is 4.74 Å². The third-order valence-electron chi connectivity index (χ3n) is 3.83. The lowest BCUT2D eigenvalue weighted by molar-refractivity contribution is 0.188. The zero-order valence-corrected chi connectivity index (χ0v) is 14.5. The first-order valence-electron chi connectivity index (χ1n) is 9.20. The molecule has 0 aliphatic rings. The van der Waals surface area contributed by atoms with E-state index in [0.717, 1.165) is 18.9 Å². The lowest BCUT2D eigenvalue weighted by atomic mass is 10.0. The molecule has 1 radical (unpaired) electrons. The molecule has 0 N–H and O–H groups in total. The van der Waals surface area contributed by atoms with E-state index < -0.39 is 0 Å². The molecule has 0 amide bonds. The van der Waals surface area contributed by atoms with Gasteiger partial charge in [-0.05, 0) is 18.8 Å². The molecule has 0 aromatic rings. The molecule has 1 nitrogen and oxygen atoms in total. The van der Waals surface area contributed by atoms with Crippen LogP contribution in [0.15, 0.2) is 0 Å². The smallest absolute Gasteiger partial charge is 0.0833 e. The maximum absolute atomic E-state index is 5.36. The van der Waals surface area contributed by atoms with E-state index in [1.807, 2.05) is 6.61 Å². The minimum absolute atomic E-state index is 0.889. The molecule has 0 saturated carbocycles. The van der Waals surface area contributed by atoms with Gasteiger partial charge >= 0.3 is 0 Å². The van der Waals surface area contributed by atoms with Crippen molar-refractivity contribution < 1.29 is 4.74 Å². The highest BCUT2D eigenvalue weighted by atomic mass is 16.5. The first kappa shape index (κ1) is 20.0. The topological polar surface area (TPSA) is 9.23 Å². The van der Waals surface area contributed by atoms with Gasteiger partial charge in [-0.3, -0.25) is 0 Å². The fourth-order valence-electron chi connectivity index (χ4n) is 2.53. The van der Waals surface area contributed by atoms with E-state index >= 15 is 0 Å². The number of rotatable bonds is 16. The van der Waals surface area contributed by atoms with Crippen molar-refractivity contribution in [3.05, 3.63) is 6.61 Å². The van der Waals surface area contributed by atoms with Gasteiger partial charge in [-0.15, -0.1) is 0 Å². The predicted octanol–water partition coefficient (Wildman–Crippen LogP) is 6.91. The number of ether oxygens (including phenoxy) is 1. The molecule has 121 valence electrons. The second kappa shape index (κ2) is 17.0. The zero-order valence-electron chi connectivity index (χ0n) is 14.5. The van der Waals surface area contributed by atoms with Crippen LogP contribution in [0.2, 0.25) is 0 Å². The van der Waals surface area contributed by atoms with Crippen molar-refractivity contribution in [2.45, 2.75) is 104 Å². The van der Waals surface area contributed by atoms with Crippen molar-refractivity contribution in [2.75, 3.05) is 6.61 Å². The highest BCUT2D eigenvalue weighted by Gasteiger charge is 1.95. The van der Waals surface area contributed by atoms with Gasteiger partial charge in [0.05, 0.1) is 6.61 Å². The number of hydrogen-bond donors (Lipinski definition) is 0. The highest BCUT2D eigenvalue weighted by Crippen LogP contribution is 2.13. The highest BCUT2D eigenvalue weighted by molar-refractivity contribution is 4.51. The van der Waals surface area contributed by atoms with Crippen LogP contribution in [0.5, 0.6) is 0 Å². The Hall–Kier alpha value is -0.0400. The average molecular weight is 284 g/mol. The lowest BCUT2D eigenvalue weighted by Crippen LogP contribution is -1.91. The Bertz CT molecular complexity index is 165. The summed E-state index contributed by atoms with van der Waals surface area (Å²) in [7, 11) is 0. The molecule has 1 heteroatoms. The SMILES string of the molecule is CC[CH]OCCCCCCCCCCCCCC(C)C. The normalized spacial score (nSPS) is 11.4. The molecule has 0 aromatic carbocycles. The number of hydrogen-bond acceptors (Lipinski definition) is 1. The molecule has 0 saturated heterocycles. The van der Waals surface area contributed by atoms with Crippen molar-refractivity contribution in [2.24, 2.45) is 5.92 Å². The Morgan fingerprint density at radius 1 is 0.700 bits per heavy atom. The summed E-state index contributed by atoms with van der Waals surface area (Å²) in [5.74, 6) is 0.889. The molecular formula is C19H39O. The first-order valence-corrected chi connectivity index (χ1v) is 9.20. The van der Waals surface area contributed by atoms with E-state index in [-0.39, 0.29) is 0 Å². The van der Waals surface area contributed by atoms with Crippen molar-refractivity contribution in [1.82, 2.24) is 0 Å². The van der Waals surface area contributed by atoms with Crippen LogP contribution in [0.25, 0.3) is 0 Å². The molecule has 0 unspecified atom stereocenters. The predicted molar refractivity (Wildman–Crippen MR) is 90.8 cm³/mol. The second-order valence-corrected chi connectivity index (χ2v) is 6.52. The van der Waals surface area contributed by atoms with E-state index in [1.54, 1.807) is 0 Å². The molecule has 0 rings (SSSR count). The quantitative estimate of drug-likeness (QED) is 0.280. The first-order chi connectivity index (χ1) is 9.77. The lowest BCUT2D eigenvalue weighted by Gasteiger charge is -2.05. The largest absolute Gasteiger partial charge is 0.376 e. The summed E-state index contributed by atoms with van der Waals surface area (Å²) in [6.07, 6.45) is 18.0. The average Bonchev–Trinajstić information content (AvgIpc) is 2.43. The van der Waals surface area contributed by atoms with Crippen LogP contribution < -0.4 is 0 Å². The van der Waals surface area contributed by atoms with Crippen LogP contribution >= 0.6 is 0 Å². The van der Waals surface area contributed by atoms with E-state index in [1.165, 1.54) is 77.0 Å². The Kier molecular flexibility index (Phi) is 17.0. The Balaban J connectivity index is 2.92. The minimum Gasteiger partial charge on any atom is -0.376 e. The van der Waals surface area contributed by atoms with Gasteiger partial charge in [0.2, 0.25) is 0 Å². The summed E-state index contributed by atoms with van der Waals surface area (Å²) in [6.45, 7) is 9.61. The Morgan fingerprint density at radius 3 is 1.60 bits per heavy atom. The fraction of sp³-hybridized carbons (Fsp3) is 0.947. The van der Waals surface area contributed by atoms with Crippen molar-refractivity contribution in [3.63, 3.8) is 0 Å². The molecule has 0 atom stereocenters. The zero-order chi connectivity index (χ0) is 14.9. The Morgan fingerprint density at radius 2 is 1.15 bits per heavy atom.